The van der Waals surface area contributed by atoms with Crippen molar-refractivity contribution in [2.45, 2.75) is 0 Å². The highest BCUT2D eigenvalue weighted by Gasteiger charge is 1.95. The van der Waals surface area contributed by atoms with Crippen molar-refractivity contribution in [3.63, 3.8) is 0 Å². The van der Waals surface area contributed by atoms with Crippen LogP contribution in [0.4, 0.5) is 5.69 Å². The smallest absolute Gasteiger partial charge is 0.118 e. The van der Waals surface area contributed by atoms with Gasteiger partial charge in [0, 0.05) is 18.3 Å². The molecule has 0 saturated heterocycles. The standard InChI is InChI=1S/C17H17NO/c1-18(16-8-4-3-5-9-16)14-6-7-15-10-12-17(19-2)13-11-15/h3-5,8-13H,14H2,1-2H3. The van der Waals surface area contributed by atoms with E-state index in [1.165, 1.54) is 5.69 Å². The van der Waals surface area contributed by atoms with Gasteiger partial charge >= 0.3 is 0 Å². The number of rotatable bonds is 3. The SMILES string of the molecule is COc1ccc(C#CCN(C)c2ccccc2)cc1. The summed E-state index contributed by atoms with van der Waals surface area (Å²) in [5, 5.41) is 0. The highest BCUT2D eigenvalue weighted by atomic mass is 16.5. The summed E-state index contributed by atoms with van der Waals surface area (Å²) < 4.78 is 5.11. The molecule has 0 aromatic heterocycles. The van der Waals surface area contributed by atoms with E-state index < -0.39 is 0 Å². The van der Waals surface area contributed by atoms with Crippen LogP contribution in [0.2, 0.25) is 0 Å². The van der Waals surface area contributed by atoms with E-state index in [1.54, 1.807) is 7.11 Å². The van der Waals surface area contributed by atoms with Crippen molar-refractivity contribution in [3.05, 3.63) is 60.2 Å². The molecule has 0 N–H and O–H groups in total. The van der Waals surface area contributed by atoms with E-state index >= 15 is 0 Å². The van der Waals surface area contributed by atoms with Gasteiger partial charge in [-0.1, -0.05) is 30.0 Å². The molecule has 0 aliphatic heterocycles. The first kappa shape index (κ1) is 13.0. The van der Waals surface area contributed by atoms with Crippen LogP contribution in [-0.2, 0) is 0 Å². The Hall–Kier alpha value is -2.40. The zero-order valence-electron chi connectivity index (χ0n) is 11.3. The lowest BCUT2D eigenvalue weighted by molar-refractivity contribution is 0.415. The van der Waals surface area contributed by atoms with E-state index in [-0.39, 0.29) is 0 Å². The Labute approximate surface area is 114 Å². The van der Waals surface area contributed by atoms with Crippen molar-refractivity contribution in [2.75, 3.05) is 25.6 Å². The Balaban J connectivity index is 1.97. The lowest BCUT2D eigenvalue weighted by Crippen LogP contribution is -2.16. The van der Waals surface area contributed by atoms with Crippen molar-refractivity contribution in [2.24, 2.45) is 0 Å². The fourth-order valence-electron chi connectivity index (χ4n) is 1.71. The highest BCUT2D eigenvalue weighted by Crippen LogP contribution is 2.11. The Morgan fingerprint density at radius 2 is 1.68 bits per heavy atom. The number of ether oxygens (including phenoxy) is 1. The van der Waals surface area contributed by atoms with Crippen molar-refractivity contribution >= 4 is 5.69 Å². The number of benzene rings is 2. The fourth-order valence-corrected chi connectivity index (χ4v) is 1.71. The number of anilines is 1. The topological polar surface area (TPSA) is 12.5 Å². The zero-order chi connectivity index (χ0) is 13.5. The molecular weight excluding hydrogens is 234 g/mol. The maximum absolute atomic E-state index is 5.11. The summed E-state index contributed by atoms with van der Waals surface area (Å²) in [6.45, 7) is 0.704. The minimum atomic E-state index is 0.704. The molecule has 19 heavy (non-hydrogen) atoms. The van der Waals surface area contributed by atoms with Gasteiger partial charge in [0.1, 0.15) is 5.75 Å². The lowest BCUT2D eigenvalue weighted by atomic mass is 10.2. The molecule has 2 heteroatoms. The third-order valence-electron chi connectivity index (χ3n) is 2.84. The molecule has 0 aliphatic carbocycles. The molecule has 0 aliphatic rings. The van der Waals surface area contributed by atoms with E-state index in [9.17, 15) is 0 Å². The summed E-state index contributed by atoms with van der Waals surface area (Å²) in [5.74, 6) is 7.18. The van der Waals surface area contributed by atoms with E-state index in [1.807, 2.05) is 49.5 Å². The van der Waals surface area contributed by atoms with Crippen LogP contribution in [0.15, 0.2) is 54.6 Å². The second kappa shape index (κ2) is 6.51. The molecule has 0 spiro atoms. The third kappa shape index (κ3) is 3.79. The van der Waals surface area contributed by atoms with Gasteiger partial charge in [-0.25, -0.2) is 0 Å². The largest absolute Gasteiger partial charge is 0.497 e. The molecule has 2 nitrogen and oxygen atoms in total. The summed E-state index contributed by atoms with van der Waals surface area (Å²) in [6.07, 6.45) is 0. The van der Waals surface area contributed by atoms with Gasteiger partial charge in [-0.2, -0.15) is 0 Å². The van der Waals surface area contributed by atoms with Crippen LogP contribution in [-0.4, -0.2) is 20.7 Å². The molecule has 2 aromatic rings. The van der Waals surface area contributed by atoms with E-state index in [0.717, 1.165) is 11.3 Å². The Kier molecular flexibility index (Phi) is 4.47. The van der Waals surface area contributed by atoms with Gasteiger partial charge in [0.2, 0.25) is 0 Å². The molecule has 2 rings (SSSR count). The third-order valence-corrected chi connectivity index (χ3v) is 2.84. The number of para-hydroxylation sites is 1. The summed E-state index contributed by atoms with van der Waals surface area (Å²) in [7, 11) is 3.70. The van der Waals surface area contributed by atoms with Gasteiger partial charge < -0.3 is 9.64 Å². The fraction of sp³-hybridized carbons (Fsp3) is 0.176. The van der Waals surface area contributed by atoms with Gasteiger partial charge in [0.25, 0.3) is 0 Å². The first-order chi connectivity index (χ1) is 9.29. The number of nitrogens with zero attached hydrogens (tertiary/aromatic N) is 1. The molecule has 0 bridgehead atoms. The Morgan fingerprint density at radius 3 is 2.32 bits per heavy atom. The van der Waals surface area contributed by atoms with Crippen molar-refractivity contribution < 1.29 is 4.74 Å². The normalized spacial score (nSPS) is 9.37. The van der Waals surface area contributed by atoms with Gasteiger partial charge in [-0.15, -0.1) is 0 Å². The average Bonchev–Trinajstić information content (AvgIpc) is 2.49. The Bertz CT molecular complexity index is 564. The highest BCUT2D eigenvalue weighted by molar-refractivity contribution is 5.47. The molecule has 0 atom stereocenters. The molecule has 0 saturated carbocycles. The van der Waals surface area contributed by atoms with Crippen molar-refractivity contribution in [1.29, 1.82) is 0 Å². The van der Waals surface area contributed by atoms with Gasteiger partial charge in [0.05, 0.1) is 13.7 Å². The molecule has 0 radical (unpaired) electrons. The maximum atomic E-state index is 5.11. The van der Waals surface area contributed by atoms with Crippen LogP contribution >= 0.6 is 0 Å². The first-order valence-electron chi connectivity index (χ1n) is 6.19. The Morgan fingerprint density at radius 1 is 1.00 bits per heavy atom. The molecular formula is C17H17NO. The van der Waals surface area contributed by atoms with Crippen LogP contribution in [0.5, 0.6) is 5.75 Å². The van der Waals surface area contributed by atoms with Crippen LogP contribution in [0.25, 0.3) is 0 Å². The molecule has 96 valence electrons. The van der Waals surface area contributed by atoms with Crippen LogP contribution in [0.3, 0.4) is 0 Å². The molecule has 2 aromatic carbocycles. The number of hydrogen-bond donors (Lipinski definition) is 0. The predicted molar refractivity (Wildman–Crippen MR) is 79.6 cm³/mol. The number of hydrogen-bond acceptors (Lipinski definition) is 2. The van der Waals surface area contributed by atoms with E-state index in [0.29, 0.717) is 6.54 Å². The van der Waals surface area contributed by atoms with E-state index in [4.69, 9.17) is 4.74 Å². The summed E-state index contributed by atoms with van der Waals surface area (Å²) in [4.78, 5) is 2.12. The molecule has 0 heterocycles. The quantitative estimate of drug-likeness (QED) is 0.777. The minimum absolute atomic E-state index is 0.704. The maximum Gasteiger partial charge on any atom is 0.118 e. The lowest BCUT2D eigenvalue weighted by Gasteiger charge is -2.15. The monoisotopic (exact) mass is 251 g/mol. The summed E-state index contributed by atoms with van der Waals surface area (Å²) in [5.41, 5.74) is 2.17. The summed E-state index contributed by atoms with van der Waals surface area (Å²) in [6, 6.07) is 18.0. The molecule has 0 fully saturated rings. The summed E-state index contributed by atoms with van der Waals surface area (Å²) >= 11 is 0. The van der Waals surface area contributed by atoms with Crippen LogP contribution in [0.1, 0.15) is 5.56 Å². The van der Waals surface area contributed by atoms with E-state index in [2.05, 4.69) is 28.9 Å². The average molecular weight is 251 g/mol. The number of methoxy groups -OCH3 is 1. The van der Waals surface area contributed by atoms with Gasteiger partial charge in [0.15, 0.2) is 0 Å². The van der Waals surface area contributed by atoms with Gasteiger partial charge in [-0.3, -0.25) is 0 Å². The second-order valence-electron chi connectivity index (χ2n) is 4.22. The van der Waals surface area contributed by atoms with Crippen molar-refractivity contribution in [3.8, 4) is 17.6 Å². The van der Waals surface area contributed by atoms with Gasteiger partial charge in [-0.05, 0) is 36.4 Å². The zero-order valence-corrected chi connectivity index (χ0v) is 11.3. The minimum Gasteiger partial charge on any atom is -0.497 e. The van der Waals surface area contributed by atoms with Crippen LogP contribution in [0, 0.1) is 11.8 Å². The first-order valence-corrected chi connectivity index (χ1v) is 6.19. The molecule has 0 amide bonds. The molecule has 0 unspecified atom stereocenters. The van der Waals surface area contributed by atoms with Crippen molar-refractivity contribution in [1.82, 2.24) is 0 Å². The predicted octanol–water partition coefficient (Wildman–Crippen LogP) is 3.18. The second-order valence-corrected chi connectivity index (χ2v) is 4.22. The van der Waals surface area contributed by atoms with Crippen LogP contribution < -0.4 is 9.64 Å².